The van der Waals surface area contributed by atoms with E-state index in [2.05, 4.69) is 208 Å². The summed E-state index contributed by atoms with van der Waals surface area (Å²) in [5.74, 6) is 0. The van der Waals surface area contributed by atoms with E-state index >= 15 is 0 Å². The van der Waals surface area contributed by atoms with Gasteiger partial charge < -0.3 is 4.90 Å². The lowest BCUT2D eigenvalue weighted by atomic mass is 9.84. The maximum absolute atomic E-state index is 2.52. The molecule has 0 atom stereocenters. The third kappa shape index (κ3) is 5.46. The van der Waals surface area contributed by atoms with Crippen molar-refractivity contribution >= 4 is 38.6 Å². The molecule has 0 fully saturated rings. The minimum absolute atomic E-state index is 0.903. The van der Waals surface area contributed by atoms with E-state index in [9.17, 15) is 0 Å². The molecule has 0 saturated carbocycles. The van der Waals surface area contributed by atoms with Gasteiger partial charge in [-0.3, -0.25) is 0 Å². The first-order chi connectivity index (χ1) is 27.0. The third-order valence-corrected chi connectivity index (χ3v) is 11.8. The summed E-state index contributed by atoms with van der Waals surface area (Å²) in [5, 5.41) is 5.03. The normalized spacial score (nSPS) is 11.8. The summed E-state index contributed by atoms with van der Waals surface area (Å²) in [6.07, 6.45) is 0.903. The predicted octanol–water partition coefficient (Wildman–Crippen LogP) is 15.0. The van der Waals surface area contributed by atoms with E-state index in [-0.39, 0.29) is 0 Å². The first-order valence-electron chi connectivity index (χ1n) is 19.3. The second kappa shape index (κ2) is 13.3. The zero-order valence-electron chi connectivity index (χ0n) is 31.5. The number of hydrogen-bond donors (Lipinski definition) is 0. The average Bonchev–Trinajstić information content (AvgIpc) is 3.61. The van der Waals surface area contributed by atoms with Crippen molar-refractivity contribution in [1.82, 2.24) is 0 Å². The van der Waals surface area contributed by atoms with Gasteiger partial charge in [-0.1, -0.05) is 152 Å². The maximum Gasteiger partial charge on any atom is 0.0540 e. The molecule has 0 amide bonds. The van der Waals surface area contributed by atoms with Crippen LogP contribution in [-0.2, 0) is 6.42 Å². The molecule has 1 heteroatoms. The van der Waals surface area contributed by atoms with Crippen LogP contribution in [-0.4, -0.2) is 0 Å². The van der Waals surface area contributed by atoms with Crippen LogP contribution in [0.2, 0.25) is 0 Å². The van der Waals surface area contributed by atoms with Crippen molar-refractivity contribution < 1.29 is 0 Å². The topological polar surface area (TPSA) is 3.24 Å². The first-order valence-corrected chi connectivity index (χ1v) is 19.3. The zero-order valence-corrected chi connectivity index (χ0v) is 31.5. The molecular weight excluding hydrogens is 663 g/mol. The summed E-state index contributed by atoms with van der Waals surface area (Å²) < 4.78 is 0. The monoisotopic (exact) mass is 703 g/mol. The number of aryl methyl sites for hydroxylation is 2. The predicted molar refractivity (Wildman–Crippen MR) is 235 cm³/mol. The molecule has 0 N–H and O–H groups in total. The van der Waals surface area contributed by atoms with Crippen molar-refractivity contribution in [3.8, 4) is 44.5 Å². The van der Waals surface area contributed by atoms with Gasteiger partial charge in [-0.25, -0.2) is 0 Å². The number of anilines is 3. The second-order valence-electron chi connectivity index (χ2n) is 15.0. The van der Waals surface area contributed by atoms with Gasteiger partial charge in [0.15, 0.2) is 0 Å². The molecule has 10 rings (SSSR count). The van der Waals surface area contributed by atoms with Crippen molar-refractivity contribution in [2.24, 2.45) is 0 Å². The highest BCUT2D eigenvalue weighted by Gasteiger charge is 2.27. The Balaban J connectivity index is 1.28. The van der Waals surface area contributed by atoms with Gasteiger partial charge in [0.05, 0.1) is 11.4 Å². The fourth-order valence-corrected chi connectivity index (χ4v) is 9.08. The molecule has 262 valence electrons. The molecule has 9 aromatic carbocycles. The molecule has 0 radical (unpaired) electrons. The molecule has 0 aliphatic heterocycles. The third-order valence-electron chi connectivity index (χ3n) is 11.8. The van der Waals surface area contributed by atoms with E-state index in [1.807, 2.05) is 0 Å². The van der Waals surface area contributed by atoms with Gasteiger partial charge in [0.1, 0.15) is 0 Å². The Bertz CT molecular complexity index is 2930. The van der Waals surface area contributed by atoms with Crippen LogP contribution >= 0.6 is 0 Å². The summed E-state index contributed by atoms with van der Waals surface area (Å²) in [6, 6.07) is 67.2. The summed E-state index contributed by atoms with van der Waals surface area (Å²) in [5.41, 5.74) is 20.4. The Morgan fingerprint density at radius 3 is 1.80 bits per heavy atom. The van der Waals surface area contributed by atoms with Crippen LogP contribution in [0.3, 0.4) is 0 Å². The SMILES string of the molecule is Cc1ccccc1-c1cc2ccc3ccc(N(c4ccccc4-c4ccccc4)c4cccc5c4Cc4ccccc4-5)cc3c2c(-c2ccccc2C)c1C. The number of nitrogens with zero attached hydrogens (tertiary/aromatic N) is 1. The molecule has 0 unspecified atom stereocenters. The van der Waals surface area contributed by atoms with Crippen LogP contribution < -0.4 is 4.90 Å². The van der Waals surface area contributed by atoms with E-state index in [1.165, 1.54) is 99.6 Å². The van der Waals surface area contributed by atoms with Gasteiger partial charge in [0.2, 0.25) is 0 Å². The van der Waals surface area contributed by atoms with Crippen molar-refractivity contribution in [3.05, 3.63) is 210 Å². The molecule has 0 bridgehead atoms. The van der Waals surface area contributed by atoms with Crippen LogP contribution in [0.15, 0.2) is 182 Å². The highest BCUT2D eigenvalue weighted by atomic mass is 15.1. The average molecular weight is 704 g/mol. The molecule has 0 aromatic heterocycles. The fraction of sp³-hybridized carbons (Fsp3) is 0.0741. The minimum Gasteiger partial charge on any atom is -0.310 e. The molecule has 0 heterocycles. The lowest BCUT2D eigenvalue weighted by Gasteiger charge is -2.30. The van der Waals surface area contributed by atoms with Crippen molar-refractivity contribution in [3.63, 3.8) is 0 Å². The summed E-state index contributed by atoms with van der Waals surface area (Å²) in [7, 11) is 0. The lowest BCUT2D eigenvalue weighted by Crippen LogP contribution is -2.13. The lowest BCUT2D eigenvalue weighted by molar-refractivity contribution is 1.20. The van der Waals surface area contributed by atoms with Crippen LogP contribution in [0.25, 0.3) is 66.1 Å². The highest BCUT2D eigenvalue weighted by Crippen LogP contribution is 2.49. The zero-order chi connectivity index (χ0) is 37.0. The highest BCUT2D eigenvalue weighted by molar-refractivity contribution is 6.18. The van der Waals surface area contributed by atoms with E-state index in [0.29, 0.717) is 0 Å². The smallest absolute Gasteiger partial charge is 0.0540 e. The van der Waals surface area contributed by atoms with Crippen LogP contribution in [0.4, 0.5) is 17.1 Å². The second-order valence-corrected chi connectivity index (χ2v) is 15.0. The molecule has 55 heavy (non-hydrogen) atoms. The molecule has 9 aromatic rings. The molecule has 0 spiro atoms. The van der Waals surface area contributed by atoms with Crippen LogP contribution in [0.1, 0.15) is 27.8 Å². The van der Waals surface area contributed by atoms with Crippen LogP contribution in [0.5, 0.6) is 0 Å². The van der Waals surface area contributed by atoms with E-state index in [1.54, 1.807) is 0 Å². The quantitative estimate of drug-likeness (QED) is 0.156. The number of rotatable bonds is 6. The largest absolute Gasteiger partial charge is 0.310 e. The number of fused-ring (bicyclic) bond motifs is 6. The van der Waals surface area contributed by atoms with E-state index in [0.717, 1.165) is 17.8 Å². The maximum atomic E-state index is 2.52. The van der Waals surface area contributed by atoms with E-state index < -0.39 is 0 Å². The number of hydrogen-bond acceptors (Lipinski definition) is 1. The Labute approximate surface area is 323 Å². The van der Waals surface area contributed by atoms with Crippen molar-refractivity contribution in [2.45, 2.75) is 27.2 Å². The van der Waals surface area contributed by atoms with Gasteiger partial charge in [-0.05, 0) is 139 Å². The summed E-state index contributed by atoms with van der Waals surface area (Å²) >= 11 is 0. The van der Waals surface area contributed by atoms with Crippen molar-refractivity contribution in [2.75, 3.05) is 4.90 Å². The Morgan fingerprint density at radius 2 is 1.02 bits per heavy atom. The Hall–Kier alpha value is -6.70. The van der Waals surface area contributed by atoms with Gasteiger partial charge in [0, 0.05) is 17.7 Å². The molecule has 1 aliphatic rings. The van der Waals surface area contributed by atoms with Crippen molar-refractivity contribution in [1.29, 1.82) is 0 Å². The van der Waals surface area contributed by atoms with Gasteiger partial charge in [0.25, 0.3) is 0 Å². The Morgan fingerprint density at radius 1 is 0.418 bits per heavy atom. The summed E-state index contributed by atoms with van der Waals surface area (Å²) in [6.45, 7) is 6.78. The minimum atomic E-state index is 0.903. The number of para-hydroxylation sites is 1. The Kier molecular flexibility index (Phi) is 7.96. The molecular formula is C54H41N. The van der Waals surface area contributed by atoms with Crippen LogP contribution in [0, 0.1) is 20.8 Å². The number of benzene rings is 9. The summed E-state index contributed by atoms with van der Waals surface area (Å²) in [4.78, 5) is 2.52. The standard InChI is InChI=1S/C54H41N/c1-35-16-7-10-21-43(35)48-33-41-29-28-39-30-31-42(34-49(39)54(41)53(37(48)3)44-22-11-8-17-36(44)2)55(51-26-14-13-24-46(51)38-18-5-4-6-19-38)52-27-15-25-47-45-23-12-9-20-40(45)32-50(47)52/h4-31,33-34H,32H2,1-3H3. The van der Waals surface area contributed by atoms with E-state index in [4.69, 9.17) is 0 Å². The molecule has 1 aliphatic carbocycles. The first kappa shape index (κ1) is 32.9. The van der Waals surface area contributed by atoms with Gasteiger partial charge >= 0.3 is 0 Å². The molecule has 0 saturated heterocycles. The molecule has 1 nitrogen and oxygen atoms in total. The van der Waals surface area contributed by atoms with Gasteiger partial charge in [-0.2, -0.15) is 0 Å². The van der Waals surface area contributed by atoms with Gasteiger partial charge in [-0.15, -0.1) is 0 Å². The fourth-order valence-electron chi connectivity index (χ4n) is 9.08.